The number of carbonyl (C=O) groups is 2. The lowest BCUT2D eigenvalue weighted by atomic mass is 10.0. The minimum atomic E-state index is -0.827. The van der Waals surface area contributed by atoms with Gasteiger partial charge in [0.15, 0.2) is 6.10 Å². The third-order valence-electron chi connectivity index (χ3n) is 12.4. The molecule has 1 atom stereocenters. The van der Waals surface area contributed by atoms with Crippen molar-refractivity contribution in [1.82, 2.24) is 0 Å². The van der Waals surface area contributed by atoms with E-state index in [1.807, 2.05) is 6.08 Å². The number of hydrogen-bond acceptors (Lipinski definition) is 5. The molecule has 0 bridgehead atoms. The summed E-state index contributed by atoms with van der Waals surface area (Å²) in [4.78, 5) is 24.3. The lowest BCUT2D eigenvalue weighted by Gasteiger charge is -2.15. The number of unbranched alkanes of at least 4 members (excludes halogenated alkanes) is 34. The molecule has 0 aromatic carbocycles. The molecular formula is C59H106O5. The van der Waals surface area contributed by atoms with E-state index in [9.17, 15) is 14.7 Å². The minimum absolute atomic E-state index is 0.105. The molecule has 0 amide bonds. The van der Waals surface area contributed by atoms with Crippen LogP contribution in [0, 0.1) is 0 Å². The van der Waals surface area contributed by atoms with Gasteiger partial charge in [0.05, 0.1) is 13.0 Å². The number of allylic oxidation sites excluding steroid dienone is 9. The average Bonchev–Trinajstić information content (AvgIpc) is 3.30. The van der Waals surface area contributed by atoms with Gasteiger partial charge in [0.1, 0.15) is 6.61 Å². The monoisotopic (exact) mass is 895 g/mol. The van der Waals surface area contributed by atoms with Gasteiger partial charge in [0.2, 0.25) is 0 Å². The van der Waals surface area contributed by atoms with Gasteiger partial charge in [0.25, 0.3) is 0 Å². The van der Waals surface area contributed by atoms with Crippen LogP contribution in [-0.2, 0) is 19.1 Å². The molecular weight excluding hydrogens is 789 g/mol. The Morgan fingerprint density at radius 2 is 0.656 bits per heavy atom. The van der Waals surface area contributed by atoms with Gasteiger partial charge >= 0.3 is 11.9 Å². The predicted molar refractivity (Wildman–Crippen MR) is 279 cm³/mol. The van der Waals surface area contributed by atoms with E-state index in [0.29, 0.717) is 6.42 Å². The highest BCUT2D eigenvalue weighted by Gasteiger charge is 2.15. The highest BCUT2D eigenvalue weighted by atomic mass is 16.6. The van der Waals surface area contributed by atoms with Crippen LogP contribution in [0.4, 0.5) is 0 Å². The van der Waals surface area contributed by atoms with Gasteiger partial charge in [0, 0.05) is 6.42 Å². The van der Waals surface area contributed by atoms with Gasteiger partial charge < -0.3 is 14.6 Å². The van der Waals surface area contributed by atoms with E-state index in [-0.39, 0.29) is 25.6 Å². The topological polar surface area (TPSA) is 72.8 Å². The molecule has 1 unspecified atom stereocenters. The van der Waals surface area contributed by atoms with Gasteiger partial charge in [-0.3, -0.25) is 9.59 Å². The first-order valence-corrected chi connectivity index (χ1v) is 27.8. The van der Waals surface area contributed by atoms with Gasteiger partial charge in [-0.2, -0.15) is 0 Å². The number of hydrogen-bond donors (Lipinski definition) is 1. The Morgan fingerprint density at radius 3 is 0.953 bits per heavy atom. The molecule has 0 spiro atoms. The first-order valence-electron chi connectivity index (χ1n) is 27.8. The summed E-state index contributed by atoms with van der Waals surface area (Å²) in [6, 6.07) is 0. The molecule has 0 saturated heterocycles. The van der Waals surface area contributed by atoms with Crippen LogP contribution in [-0.4, -0.2) is 36.4 Å². The molecule has 0 heterocycles. The van der Waals surface area contributed by atoms with Crippen molar-refractivity contribution in [3.05, 3.63) is 60.8 Å². The Hall–Kier alpha value is -2.40. The molecule has 0 aromatic rings. The zero-order valence-corrected chi connectivity index (χ0v) is 42.5. The average molecular weight is 895 g/mol. The fraction of sp³-hybridized carbons (Fsp3) is 0.797. The second kappa shape index (κ2) is 54.9. The highest BCUT2D eigenvalue weighted by Crippen LogP contribution is 2.17. The number of aliphatic hydroxyl groups is 1. The SMILES string of the molecule is CC/C=C\C/C=C\C/C=C\C/C=C\C/C=C\CC(=O)OC(CO)COC(=O)CCCCCCCCCCCCCCCCCCCCCCCCCCCCCCCCCCCCC. The summed E-state index contributed by atoms with van der Waals surface area (Å²) in [7, 11) is 0. The molecule has 0 aliphatic rings. The second-order valence-electron chi connectivity index (χ2n) is 18.7. The quantitative estimate of drug-likeness (QED) is 0.0374. The molecule has 0 radical (unpaired) electrons. The third-order valence-corrected chi connectivity index (χ3v) is 12.4. The zero-order chi connectivity index (χ0) is 46.3. The minimum Gasteiger partial charge on any atom is -0.462 e. The van der Waals surface area contributed by atoms with E-state index in [4.69, 9.17) is 9.47 Å². The smallest absolute Gasteiger partial charge is 0.310 e. The molecule has 1 N–H and O–H groups in total. The summed E-state index contributed by atoms with van der Waals surface area (Å²) >= 11 is 0. The van der Waals surface area contributed by atoms with Crippen molar-refractivity contribution in [2.75, 3.05) is 13.2 Å². The van der Waals surface area contributed by atoms with Crippen LogP contribution in [0.5, 0.6) is 0 Å². The van der Waals surface area contributed by atoms with Crippen molar-refractivity contribution in [3.8, 4) is 0 Å². The predicted octanol–water partition coefficient (Wildman–Crippen LogP) is 18.6. The molecule has 64 heavy (non-hydrogen) atoms. The lowest BCUT2D eigenvalue weighted by molar-refractivity contribution is -0.160. The van der Waals surface area contributed by atoms with Crippen molar-refractivity contribution < 1.29 is 24.2 Å². The summed E-state index contributed by atoms with van der Waals surface area (Å²) in [6.45, 7) is 3.97. The van der Waals surface area contributed by atoms with E-state index in [2.05, 4.69) is 62.5 Å². The summed E-state index contributed by atoms with van der Waals surface area (Å²) < 4.78 is 10.6. The third kappa shape index (κ3) is 52.2. The Kier molecular flexibility index (Phi) is 52.9. The molecule has 372 valence electrons. The van der Waals surface area contributed by atoms with Gasteiger partial charge in [-0.1, -0.05) is 293 Å². The number of rotatable bonds is 51. The molecule has 0 aliphatic carbocycles. The maximum atomic E-state index is 12.2. The first-order chi connectivity index (χ1) is 31.6. The Morgan fingerprint density at radius 1 is 0.375 bits per heavy atom. The van der Waals surface area contributed by atoms with Gasteiger partial charge in [-0.25, -0.2) is 0 Å². The van der Waals surface area contributed by atoms with E-state index in [0.717, 1.165) is 51.4 Å². The first kappa shape index (κ1) is 61.6. The van der Waals surface area contributed by atoms with E-state index < -0.39 is 12.1 Å². The van der Waals surface area contributed by atoms with E-state index >= 15 is 0 Å². The number of ether oxygens (including phenoxy) is 2. The van der Waals surface area contributed by atoms with Crippen molar-refractivity contribution in [2.45, 2.75) is 290 Å². The van der Waals surface area contributed by atoms with Crippen LogP contribution < -0.4 is 0 Å². The maximum absolute atomic E-state index is 12.2. The zero-order valence-electron chi connectivity index (χ0n) is 42.5. The molecule has 5 heteroatoms. The molecule has 0 aromatic heterocycles. The largest absolute Gasteiger partial charge is 0.462 e. The fourth-order valence-corrected chi connectivity index (χ4v) is 8.22. The maximum Gasteiger partial charge on any atom is 0.310 e. The van der Waals surface area contributed by atoms with Crippen LogP contribution in [0.15, 0.2) is 60.8 Å². The molecule has 0 aliphatic heterocycles. The molecule has 0 fully saturated rings. The summed E-state index contributed by atoms with van der Waals surface area (Å²) in [5.74, 6) is -0.730. The van der Waals surface area contributed by atoms with E-state index in [1.54, 1.807) is 6.08 Å². The van der Waals surface area contributed by atoms with Crippen molar-refractivity contribution in [1.29, 1.82) is 0 Å². The lowest BCUT2D eigenvalue weighted by Crippen LogP contribution is -2.28. The molecule has 0 saturated carbocycles. The Labute approximate surface area is 398 Å². The molecule has 0 rings (SSSR count). The standard InChI is InChI=1S/C59H106O5/c1-3-5-7-9-11-13-15-17-19-20-21-22-23-24-25-26-27-28-29-30-31-32-33-34-35-36-37-38-40-41-43-45-47-49-51-53-58(61)63-56-57(55-60)64-59(62)54-52-50-48-46-44-42-39-18-16-14-12-10-8-6-4-2/h6,8,12,14,18,39,44,46,50,52,57,60H,3-5,7,9-11,13,15-17,19-38,40-43,45,47-49,51,53-56H2,1-2H3/b8-6-,14-12-,39-18-,46-44-,52-50-. The summed E-state index contributed by atoms with van der Waals surface area (Å²) in [5.41, 5.74) is 0. The Balaban J connectivity index is 3.43. The van der Waals surface area contributed by atoms with Crippen LogP contribution in [0.25, 0.3) is 0 Å². The fourth-order valence-electron chi connectivity index (χ4n) is 8.22. The van der Waals surface area contributed by atoms with Crippen molar-refractivity contribution in [3.63, 3.8) is 0 Å². The van der Waals surface area contributed by atoms with Gasteiger partial charge in [-0.15, -0.1) is 0 Å². The molecule has 5 nitrogen and oxygen atoms in total. The van der Waals surface area contributed by atoms with Crippen LogP contribution >= 0.6 is 0 Å². The van der Waals surface area contributed by atoms with Crippen molar-refractivity contribution >= 4 is 11.9 Å². The van der Waals surface area contributed by atoms with Crippen LogP contribution in [0.1, 0.15) is 284 Å². The van der Waals surface area contributed by atoms with Crippen molar-refractivity contribution in [2.24, 2.45) is 0 Å². The van der Waals surface area contributed by atoms with E-state index in [1.165, 1.54) is 205 Å². The number of aliphatic hydroxyl groups excluding tert-OH is 1. The number of carbonyl (C=O) groups excluding carboxylic acids is 2. The highest BCUT2D eigenvalue weighted by molar-refractivity contribution is 5.71. The second-order valence-corrected chi connectivity index (χ2v) is 18.7. The number of esters is 2. The normalized spacial score (nSPS) is 12.6. The summed E-state index contributed by atoms with van der Waals surface area (Å²) in [5, 5.41) is 9.59. The Bertz CT molecular complexity index is 1100. The van der Waals surface area contributed by atoms with Crippen LogP contribution in [0.2, 0.25) is 0 Å². The summed E-state index contributed by atoms with van der Waals surface area (Å²) in [6.07, 6.45) is 73.9. The van der Waals surface area contributed by atoms with Crippen LogP contribution in [0.3, 0.4) is 0 Å². The van der Waals surface area contributed by atoms with Gasteiger partial charge in [-0.05, 0) is 38.5 Å².